The van der Waals surface area contributed by atoms with Gasteiger partial charge in [0.1, 0.15) is 5.82 Å². The van der Waals surface area contributed by atoms with Gasteiger partial charge in [-0.2, -0.15) is 0 Å². The van der Waals surface area contributed by atoms with Crippen LogP contribution >= 0.6 is 0 Å². The van der Waals surface area contributed by atoms with Gasteiger partial charge in [-0.05, 0) is 48.6 Å². The van der Waals surface area contributed by atoms with Crippen molar-refractivity contribution in [2.24, 2.45) is 4.99 Å². The molecule has 1 heterocycles. The van der Waals surface area contributed by atoms with Gasteiger partial charge in [0.2, 0.25) is 0 Å². The number of benzene rings is 2. The summed E-state index contributed by atoms with van der Waals surface area (Å²) in [6.45, 7) is 8.89. The Labute approximate surface area is 184 Å². The average Bonchev–Trinajstić information content (AvgIpc) is 3.59. The first kappa shape index (κ1) is 21.8. The van der Waals surface area contributed by atoms with Crippen LogP contribution in [0.25, 0.3) is 0 Å². The van der Waals surface area contributed by atoms with Crippen LogP contribution in [0.15, 0.2) is 53.5 Å². The number of ether oxygens (including phenoxy) is 1. The van der Waals surface area contributed by atoms with Crippen molar-refractivity contribution in [2.45, 2.75) is 38.3 Å². The van der Waals surface area contributed by atoms with E-state index in [2.05, 4.69) is 46.7 Å². The van der Waals surface area contributed by atoms with E-state index in [1.54, 1.807) is 12.1 Å². The standard InChI is InChI=1S/C25H33FN4O/c1-2-27-24(29-19-25(10-11-25)22-4-3-5-23(26)16-22)28-17-20-6-8-21(9-7-20)18-30-12-14-31-15-13-30/h3-9,16H,2,10-15,17-19H2,1H3,(H2,27,28,29). The summed E-state index contributed by atoms with van der Waals surface area (Å²) in [7, 11) is 0. The fourth-order valence-electron chi connectivity index (χ4n) is 4.07. The van der Waals surface area contributed by atoms with Gasteiger partial charge in [0.15, 0.2) is 5.96 Å². The lowest BCUT2D eigenvalue weighted by Crippen LogP contribution is -2.41. The van der Waals surface area contributed by atoms with Gasteiger partial charge >= 0.3 is 0 Å². The summed E-state index contributed by atoms with van der Waals surface area (Å²) >= 11 is 0. The minimum absolute atomic E-state index is 0.0272. The van der Waals surface area contributed by atoms with Crippen LogP contribution in [-0.2, 0) is 23.2 Å². The minimum atomic E-state index is -0.165. The van der Waals surface area contributed by atoms with E-state index in [9.17, 15) is 4.39 Å². The molecule has 6 heteroatoms. The Morgan fingerprint density at radius 3 is 2.48 bits per heavy atom. The van der Waals surface area contributed by atoms with Gasteiger partial charge in [-0.1, -0.05) is 36.4 Å². The van der Waals surface area contributed by atoms with E-state index < -0.39 is 0 Å². The maximum atomic E-state index is 13.6. The van der Waals surface area contributed by atoms with Crippen LogP contribution in [0.3, 0.4) is 0 Å². The smallest absolute Gasteiger partial charge is 0.191 e. The van der Waals surface area contributed by atoms with Gasteiger partial charge in [-0.25, -0.2) is 9.38 Å². The Morgan fingerprint density at radius 1 is 1.06 bits per heavy atom. The molecule has 2 aromatic rings. The molecule has 0 amide bonds. The summed E-state index contributed by atoms with van der Waals surface area (Å²) in [4.78, 5) is 7.19. The lowest BCUT2D eigenvalue weighted by Gasteiger charge is -2.26. The fourth-order valence-corrected chi connectivity index (χ4v) is 4.07. The number of nitrogens with zero attached hydrogens (tertiary/aromatic N) is 2. The summed E-state index contributed by atoms with van der Waals surface area (Å²) in [5.74, 6) is 0.643. The van der Waals surface area contributed by atoms with Crippen LogP contribution in [0.4, 0.5) is 4.39 Å². The highest BCUT2D eigenvalue weighted by molar-refractivity contribution is 5.80. The van der Waals surface area contributed by atoms with E-state index >= 15 is 0 Å². The Bertz CT molecular complexity index is 873. The van der Waals surface area contributed by atoms with Gasteiger partial charge in [-0.15, -0.1) is 0 Å². The van der Waals surface area contributed by atoms with E-state index in [-0.39, 0.29) is 11.2 Å². The van der Waals surface area contributed by atoms with Crippen LogP contribution in [0, 0.1) is 5.82 Å². The van der Waals surface area contributed by atoms with Crippen molar-refractivity contribution in [1.82, 2.24) is 15.5 Å². The quantitative estimate of drug-likeness (QED) is 0.504. The van der Waals surface area contributed by atoms with Gasteiger partial charge in [0.05, 0.1) is 19.8 Å². The highest BCUT2D eigenvalue weighted by Crippen LogP contribution is 2.47. The Morgan fingerprint density at radius 2 is 1.81 bits per heavy atom. The summed E-state index contributed by atoms with van der Waals surface area (Å²) in [6.07, 6.45) is 2.15. The van der Waals surface area contributed by atoms with Gasteiger partial charge in [0, 0.05) is 38.1 Å². The van der Waals surface area contributed by atoms with Crippen molar-refractivity contribution in [3.63, 3.8) is 0 Å². The molecule has 2 aromatic carbocycles. The van der Waals surface area contributed by atoms with E-state index in [1.807, 2.05) is 6.07 Å². The number of nitrogens with one attached hydrogen (secondary N) is 2. The fraction of sp³-hybridized carbons (Fsp3) is 0.480. The molecule has 1 aliphatic carbocycles. The van der Waals surface area contributed by atoms with E-state index in [4.69, 9.17) is 9.73 Å². The van der Waals surface area contributed by atoms with Gasteiger partial charge in [-0.3, -0.25) is 4.90 Å². The summed E-state index contributed by atoms with van der Waals surface area (Å²) in [6, 6.07) is 15.7. The first-order valence-electron chi connectivity index (χ1n) is 11.3. The van der Waals surface area contributed by atoms with Gasteiger partial charge < -0.3 is 15.4 Å². The molecule has 2 fully saturated rings. The largest absolute Gasteiger partial charge is 0.379 e. The number of guanidine groups is 1. The zero-order chi connectivity index (χ0) is 21.5. The Hall–Kier alpha value is -2.44. The molecule has 5 nitrogen and oxygen atoms in total. The molecule has 2 aliphatic rings. The number of halogens is 1. The molecule has 0 bridgehead atoms. The molecule has 31 heavy (non-hydrogen) atoms. The van der Waals surface area contributed by atoms with Crippen LogP contribution in [0.5, 0.6) is 0 Å². The predicted molar refractivity (Wildman–Crippen MR) is 123 cm³/mol. The van der Waals surface area contributed by atoms with Crippen molar-refractivity contribution in [2.75, 3.05) is 39.4 Å². The number of hydrogen-bond acceptors (Lipinski definition) is 3. The van der Waals surface area contributed by atoms with Crippen LogP contribution < -0.4 is 10.6 Å². The lowest BCUT2D eigenvalue weighted by atomic mass is 9.96. The number of morpholine rings is 1. The molecule has 1 saturated carbocycles. The molecule has 1 saturated heterocycles. The molecule has 166 valence electrons. The predicted octanol–water partition coefficient (Wildman–Crippen LogP) is 3.44. The Balaban J connectivity index is 1.32. The second-order valence-electron chi connectivity index (χ2n) is 8.54. The van der Waals surface area contributed by atoms with Crippen molar-refractivity contribution in [1.29, 1.82) is 0 Å². The minimum Gasteiger partial charge on any atom is -0.379 e. The second kappa shape index (κ2) is 10.2. The normalized spacial score (nSPS) is 18.6. The number of rotatable bonds is 8. The summed E-state index contributed by atoms with van der Waals surface area (Å²) in [5, 5.41) is 6.80. The lowest BCUT2D eigenvalue weighted by molar-refractivity contribution is 0.0342. The van der Waals surface area contributed by atoms with Crippen LogP contribution in [-0.4, -0.2) is 50.3 Å². The van der Waals surface area contributed by atoms with Crippen LogP contribution in [0.1, 0.15) is 36.5 Å². The van der Waals surface area contributed by atoms with Crippen molar-refractivity contribution >= 4 is 5.96 Å². The molecule has 0 aromatic heterocycles. The first-order chi connectivity index (χ1) is 15.2. The second-order valence-corrected chi connectivity index (χ2v) is 8.54. The zero-order valence-corrected chi connectivity index (χ0v) is 18.4. The highest BCUT2D eigenvalue weighted by atomic mass is 19.1. The highest BCUT2D eigenvalue weighted by Gasteiger charge is 2.44. The molecule has 0 atom stereocenters. The molecular weight excluding hydrogens is 391 g/mol. The maximum Gasteiger partial charge on any atom is 0.191 e. The third-order valence-electron chi connectivity index (χ3n) is 6.18. The van der Waals surface area contributed by atoms with E-state index in [0.29, 0.717) is 6.54 Å². The molecule has 0 radical (unpaired) electrons. The van der Waals surface area contributed by atoms with E-state index in [0.717, 1.165) is 70.3 Å². The van der Waals surface area contributed by atoms with E-state index in [1.165, 1.54) is 17.2 Å². The zero-order valence-electron chi connectivity index (χ0n) is 18.4. The first-order valence-corrected chi connectivity index (χ1v) is 11.3. The van der Waals surface area contributed by atoms with Gasteiger partial charge in [0.25, 0.3) is 0 Å². The third-order valence-corrected chi connectivity index (χ3v) is 6.18. The summed E-state index contributed by atoms with van der Waals surface area (Å²) in [5.41, 5.74) is 3.62. The molecular formula is C25H33FN4O. The average molecular weight is 425 g/mol. The van der Waals surface area contributed by atoms with Crippen molar-refractivity contribution in [3.8, 4) is 0 Å². The molecule has 4 rings (SSSR count). The van der Waals surface area contributed by atoms with Crippen molar-refractivity contribution < 1.29 is 9.13 Å². The number of hydrogen-bond donors (Lipinski definition) is 2. The molecule has 2 N–H and O–H groups in total. The third kappa shape index (κ3) is 6.05. The maximum absolute atomic E-state index is 13.6. The molecule has 0 spiro atoms. The Kier molecular flexibility index (Phi) is 7.20. The topological polar surface area (TPSA) is 48.9 Å². The number of aliphatic imine (C=N–C) groups is 1. The SMILES string of the molecule is CCNC(=NCc1ccc(CN2CCOCC2)cc1)NCC1(c2cccc(F)c2)CC1. The summed E-state index contributed by atoms with van der Waals surface area (Å²) < 4.78 is 19.1. The molecule has 1 aliphatic heterocycles. The molecule has 0 unspecified atom stereocenters. The van der Waals surface area contributed by atoms with Crippen molar-refractivity contribution in [3.05, 3.63) is 71.0 Å². The van der Waals surface area contributed by atoms with Crippen LogP contribution in [0.2, 0.25) is 0 Å². The monoisotopic (exact) mass is 424 g/mol.